The molecule has 18 heavy (non-hydrogen) atoms. The molecule has 1 N–H and O–H groups in total. The molecule has 0 radical (unpaired) electrons. The minimum Gasteiger partial charge on any atom is -0.481 e. The molecule has 1 unspecified atom stereocenters. The van der Waals surface area contributed by atoms with Crippen LogP contribution in [-0.2, 0) is 4.79 Å². The lowest BCUT2D eigenvalue weighted by molar-refractivity contribution is -0.144. The Morgan fingerprint density at radius 3 is 2.78 bits per heavy atom. The van der Waals surface area contributed by atoms with E-state index in [0.29, 0.717) is 23.3 Å². The van der Waals surface area contributed by atoms with Crippen LogP contribution in [0.5, 0.6) is 0 Å². The van der Waals surface area contributed by atoms with Gasteiger partial charge < -0.3 is 10.0 Å². The van der Waals surface area contributed by atoms with E-state index in [2.05, 4.69) is 20.9 Å². The summed E-state index contributed by atoms with van der Waals surface area (Å²) in [6, 6.07) is 3.41. The Hall–Kier alpha value is -1.43. The summed E-state index contributed by atoms with van der Waals surface area (Å²) in [5.41, 5.74) is 0.513. The van der Waals surface area contributed by atoms with Crippen molar-refractivity contribution >= 4 is 27.8 Å². The number of hydrogen-bond acceptors (Lipinski definition) is 3. The first-order chi connectivity index (χ1) is 8.50. The van der Waals surface area contributed by atoms with Crippen LogP contribution in [0.2, 0.25) is 0 Å². The number of halogens is 1. The van der Waals surface area contributed by atoms with Crippen LogP contribution in [0.25, 0.3) is 0 Å². The normalized spacial score (nSPS) is 17.1. The van der Waals surface area contributed by atoms with Gasteiger partial charge in [-0.15, -0.1) is 0 Å². The van der Waals surface area contributed by atoms with E-state index >= 15 is 0 Å². The van der Waals surface area contributed by atoms with Crippen molar-refractivity contribution in [2.45, 2.75) is 6.92 Å². The number of aliphatic carboxylic acids is 1. The number of amides is 1. The van der Waals surface area contributed by atoms with Crippen molar-refractivity contribution in [2.24, 2.45) is 11.8 Å². The van der Waals surface area contributed by atoms with Gasteiger partial charge in [0.1, 0.15) is 4.60 Å². The zero-order chi connectivity index (χ0) is 13.3. The molecule has 0 aliphatic carbocycles. The Kier molecular flexibility index (Phi) is 3.65. The second-order valence-corrected chi connectivity index (χ2v) is 5.19. The molecule has 1 atom stereocenters. The Labute approximate surface area is 113 Å². The van der Waals surface area contributed by atoms with Crippen LogP contribution >= 0.6 is 15.9 Å². The number of carboxylic acid groups (broad SMARTS) is 1. The molecule has 1 fully saturated rings. The van der Waals surface area contributed by atoms with Gasteiger partial charge in [-0.25, -0.2) is 4.98 Å². The highest BCUT2D eigenvalue weighted by Gasteiger charge is 2.37. The quantitative estimate of drug-likeness (QED) is 0.861. The standard InChI is InChI=1S/C12H13BrN2O3/c1-7(12(17)18)8-5-15(6-8)11(16)9-3-2-4-14-10(9)13/h2-4,7-8H,5-6H2,1H3,(H,17,18). The minimum absolute atomic E-state index is 0.0434. The van der Waals surface area contributed by atoms with Gasteiger partial charge in [-0.3, -0.25) is 9.59 Å². The summed E-state index contributed by atoms with van der Waals surface area (Å²) < 4.78 is 0.518. The number of rotatable bonds is 3. The Morgan fingerprint density at radius 1 is 1.56 bits per heavy atom. The molecule has 5 nitrogen and oxygen atoms in total. The molecule has 96 valence electrons. The van der Waals surface area contributed by atoms with E-state index in [4.69, 9.17) is 5.11 Å². The molecule has 1 amide bonds. The summed E-state index contributed by atoms with van der Waals surface area (Å²) in [6.07, 6.45) is 1.60. The number of carboxylic acids is 1. The van der Waals surface area contributed by atoms with Crippen LogP contribution in [0.4, 0.5) is 0 Å². The van der Waals surface area contributed by atoms with Crippen molar-refractivity contribution in [3.8, 4) is 0 Å². The van der Waals surface area contributed by atoms with E-state index < -0.39 is 11.9 Å². The third kappa shape index (κ3) is 2.38. The number of aromatic nitrogens is 1. The Morgan fingerprint density at radius 2 is 2.22 bits per heavy atom. The highest BCUT2D eigenvalue weighted by Crippen LogP contribution is 2.26. The molecule has 2 heterocycles. The summed E-state index contributed by atoms with van der Waals surface area (Å²) in [7, 11) is 0. The van der Waals surface area contributed by atoms with Crippen LogP contribution in [0.15, 0.2) is 22.9 Å². The molecule has 0 saturated carbocycles. The van der Waals surface area contributed by atoms with Gasteiger partial charge in [0.2, 0.25) is 0 Å². The fraction of sp³-hybridized carbons (Fsp3) is 0.417. The maximum Gasteiger partial charge on any atom is 0.306 e. The molecule has 1 saturated heterocycles. The van der Waals surface area contributed by atoms with Gasteiger partial charge in [0, 0.05) is 25.2 Å². The van der Waals surface area contributed by atoms with Crippen LogP contribution < -0.4 is 0 Å². The van der Waals surface area contributed by atoms with E-state index in [1.165, 1.54) is 0 Å². The van der Waals surface area contributed by atoms with Gasteiger partial charge in [0.25, 0.3) is 5.91 Å². The van der Waals surface area contributed by atoms with E-state index in [1.54, 1.807) is 30.2 Å². The van der Waals surface area contributed by atoms with E-state index in [0.717, 1.165) is 0 Å². The third-order valence-electron chi connectivity index (χ3n) is 3.28. The summed E-state index contributed by atoms with van der Waals surface area (Å²) in [5, 5.41) is 8.88. The molecule has 0 spiro atoms. The average Bonchev–Trinajstić information content (AvgIpc) is 2.27. The van der Waals surface area contributed by atoms with Crippen molar-refractivity contribution in [3.05, 3.63) is 28.5 Å². The minimum atomic E-state index is -0.811. The first-order valence-electron chi connectivity index (χ1n) is 5.63. The highest BCUT2D eigenvalue weighted by atomic mass is 79.9. The fourth-order valence-corrected chi connectivity index (χ4v) is 2.33. The number of hydrogen-bond donors (Lipinski definition) is 1. The molecule has 1 aliphatic rings. The highest BCUT2D eigenvalue weighted by molar-refractivity contribution is 9.10. The summed E-state index contributed by atoms with van der Waals surface area (Å²) >= 11 is 3.23. The number of pyridine rings is 1. The van der Waals surface area contributed by atoms with E-state index in [1.807, 2.05) is 0 Å². The lowest BCUT2D eigenvalue weighted by Crippen LogP contribution is -2.53. The number of nitrogens with zero attached hydrogens (tertiary/aromatic N) is 2. The van der Waals surface area contributed by atoms with Crippen molar-refractivity contribution in [2.75, 3.05) is 13.1 Å². The first kappa shape index (κ1) is 13.0. The molecule has 1 aliphatic heterocycles. The van der Waals surface area contributed by atoms with Gasteiger partial charge in [0.05, 0.1) is 11.5 Å². The topological polar surface area (TPSA) is 70.5 Å². The predicted octanol–water partition coefficient (Wildman–Crippen LogP) is 1.64. The molecular formula is C12H13BrN2O3. The van der Waals surface area contributed by atoms with Crippen LogP contribution in [0.3, 0.4) is 0 Å². The van der Waals surface area contributed by atoms with Crippen molar-refractivity contribution in [3.63, 3.8) is 0 Å². The fourth-order valence-electron chi connectivity index (χ4n) is 1.91. The predicted molar refractivity (Wildman–Crippen MR) is 68.1 cm³/mol. The monoisotopic (exact) mass is 312 g/mol. The van der Waals surface area contributed by atoms with Gasteiger partial charge in [-0.1, -0.05) is 6.92 Å². The molecule has 0 aromatic carbocycles. The summed E-state index contributed by atoms with van der Waals surface area (Å²) in [5.74, 6) is -1.29. The summed E-state index contributed by atoms with van der Waals surface area (Å²) in [6.45, 7) is 2.66. The molecule has 0 bridgehead atoms. The lowest BCUT2D eigenvalue weighted by atomic mass is 9.87. The van der Waals surface area contributed by atoms with Gasteiger partial charge >= 0.3 is 5.97 Å². The van der Waals surface area contributed by atoms with Crippen molar-refractivity contribution in [1.29, 1.82) is 0 Å². The zero-order valence-electron chi connectivity index (χ0n) is 9.84. The molecular weight excluding hydrogens is 300 g/mol. The SMILES string of the molecule is CC(C(=O)O)C1CN(C(=O)c2cccnc2Br)C1. The summed E-state index contributed by atoms with van der Waals surface area (Å²) in [4.78, 5) is 28.6. The maximum atomic E-state index is 12.1. The van der Waals surface area contributed by atoms with Crippen molar-refractivity contribution < 1.29 is 14.7 Å². The Balaban J connectivity index is 1.99. The van der Waals surface area contributed by atoms with Gasteiger partial charge in [0.15, 0.2) is 0 Å². The smallest absolute Gasteiger partial charge is 0.306 e. The van der Waals surface area contributed by atoms with Crippen LogP contribution in [-0.4, -0.2) is 40.0 Å². The van der Waals surface area contributed by atoms with Crippen LogP contribution in [0, 0.1) is 11.8 Å². The van der Waals surface area contributed by atoms with E-state index in [-0.39, 0.29) is 11.8 Å². The average molecular weight is 313 g/mol. The molecule has 1 aromatic rings. The Bertz CT molecular complexity index is 486. The number of carbonyl (C=O) groups is 2. The van der Waals surface area contributed by atoms with Gasteiger partial charge in [-0.2, -0.15) is 0 Å². The molecule has 1 aromatic heterocycles. The van der Waals surface area contributed by atoms with E-state index in [9.17, 15) is 9.59 Å². The van der Waals surface area contributed by atoms with Crippen LogP contribution in [0.1, 0.15) is 17.3 Å². The number of likely N-dealkylation sites (tertiary alicyclic amines) is 1. The second-order valence-electron chi connectivity index (χ2n) is 4.44. The molecule has 6 heteroatoms. The third-order valence-corrected chi connectivity index (χ3v) is 3.92. The van der Waals surface area contributed by atoms with Crippen molar-refractivity contribution in [1.82, 2.24) is 9.88 Å². The number of carbonyl (C=O) groups excluding carboxylic acids is 1. The maximum absolute atomic E-state index is 12.1. The zero-order valence-corrected chi connectivity index (χ0v) is 11.4. The first-order valence-corrected chi connectivity index (χ1v) is 6.42. The second kappa shape index (κ2) is 5.06. The lowest BCUT2D eigenvalue weighted by Gasteiger charge is -2.41. The largest absolute Gasteiger partial charge is 0.481 e. The van der Waals surface area contributed by atoms with Gasteiger partial charge in [-0.05, 0) is 28.1 Å². The molecule has 2 rings (SSSR count).